The van der Waals surface area contributed by atoms with Gasteiger partial charge in [0, 0.05) is 11.9 Å². The lowest BCUT2D eigenvalue weighted by Crippen LogP contribution is -2.40. The second-order valence-electron chi connectivity index (χ2n) is 9.91. The molecular formula is C27H55O6PS. The second kappa shape index (κ2) is 20.9. The molecule has 0 rings (SSSR count). The van der Waals surface area contributed by atoms with E-state index in [0.717, 1.165) is 38.4 Å². The van der Waals surface area contributed by atoms with Gasteiger partial charge in [-0.1, -0.05) is 104 Å². The third-order valence-electron chi connectivity index (χ3n) is 6.53. The third kappa shape index (κ3) is 15.1. The summed E-state index contributed by atoms with van der Waals surface area (Å²) in [7, 11) is -4.56. The van der Waals surface area contributed by atoms with Crippen LogP contribution < -0.4 is 0 Å². The highest BCUT2D eigenvalue weighted by Gasteiger charge is 2.54. The second-order valence-corrected chi connectivity index (χ2v) is 13.4. The van der Waals surface area contributed by atoms with Crippen molar-refractivity contribution in [2.75, 3.05) is 12.4 Å². The van der Waals surface area contributed by atoms with Gasteiger partial charge < -0.3 is 19.3 Å². The fraction of sp³-hybridized carbons (Fsp3) is 0.963. The zero-order valence-electron chi connectivity index (χ0n) is 23.3. The molecule has 8 heteroatoms. The molecule has 0 saturated carbocycles. The Morgan fingerprint density at radius 3 is 1.83 bits per heavy atom. The standard InChI is InChI=1S/C27H55O6PS/c1-6-9-11-13-14-15-16-18-20-23-35-25(21-19-17-12-10-7-2)24(4)33-34(30,31)27(5,26(28)29)32-22-8-3/h24-25H,6-23H2,1-5H3,(H,28,29)(H,30,31). The predicted molar refractivity (Wildman–Crippen MR) is 150 cm³/mol. The van der Waals surface area contributed by atoms with Crippen LogP contribution in [0, 0.1) is 0 Å². The largest absolute Gasteiger partial charge is 0.479 e. The smallest absolute Gasteiger partial charge is 0.371 e. The summed E-state index contributed by atoms with van der Waals surface area (Å²) < 4.78 is 24.0. The summed E-state index contributed by atoms with van der Waals surface area (Å²) in [4.78, 5) is 22.5. The van der Waals surface area contributed by atoms with Crippen LogP contribution in [0.3, 0.4) is 0 Å². The Hall–Kier alpha value is -0.0700. The number of rotatable bonds is 25. The summed E-state index contributed by atoms with van der Waals surface area (Å²) in [5.41, 5.74) is 0. The van der Waals surface area contributed by atoms with Gasteiger partial charge in [-0.3, -0.25) is 4.57 Å². The van der Waals surface area contributed by atoms with Crippen molar-refractivity contribution in [1.82, 2.24) is 0 Å². The van der Waals surface area contributed by atoms with Gasteiger partial charge in [0.1, 0.15) is 0 Å². The van der Waals surface area contributed by atoms with Gasteiger partial charge in [-0.2, -0.15) is 11.8 Å². The molecule has 0 aromatic carbocycles. The molecule has 0 radical (unpaired) electrons. The first-order valence-electron chi connectivity index (χ1n) is 14.2. The number of carbonyl (C=O) groups is 1. The van der Waals surface area contributed by atoms with Gasteiger partial charge in [0.05, 0.1) is 6.10 Å². The van der Waals surface area contributed by atoms with E-state index in [4.69, 9.17) is 9.26 Å². The molecule has 0 aliphatic heterocycles. The molecule has 4 atom stereocenters. The van der Waals surface area contributed by atoms with E-state index in [-0.39, 0.29) is 11.9 Å². The molecule has 0 bridgehead atoms. The van der Waals surface area contributed by atoms with Gasteiger partial charge >= 0.3 is 13.6 Å². The van der Waals surface area contributed by atoms with Crippen molar-refractivity contribution in [3.63, 3.8) is 0 Å². The molecule has 6 nitrogen and oxygen atoms in total. The van der Waals surface area contributed by atoms with Crippen LogP contribution in [0.2, 0.25) is 0 Å². The van der Waals surface area contributed by atoms with E-state index < -0.39 is 25.0 Å². The zero-order valence-corrected chi connectivity index (χ0v) is 25.0. The normalized spacial score (nSPS) is 17.0. The Balaban J connectivity index is 4.81. The minimum absolute atomic E-state index is 0.0513. The molecule has 0 spiro atoms. The highest BCUT2D eigenvalue weighted by Crippen LogP contribution is 2.57. The molecule has 0 aliphatic rings. The summed E-state index contributed by atoms with van der Waals surface area (Å²) in [6, 6.07) is 0. The van der Waals surface area contributed by atoms with E-state index >= 15 is 0 Å². The van der Waals surface area contributed by atoms with Gasteiger partial charge in [-0.25, -0.2) is 4.79 Å². The molecule has 4 unspecified atom stereocenters. The Morgan fingerprint density at radius 2 is 1.34 bits per heavy atom. The third-order valence-corrected chi connectivity index (χ3v) is 10.1. The van der Waals surface area contributed by atoms with Gasteiger partial charge in [-0.15, -0.1) is 0 Å². The van der Waals surface area contributed by atoms with E-state index in [1.807, 2.05) is 6.92 Å². The van der Waals surface area contributed by atoms with Gasteiger partial charge in [0.25, 0.3) is 5.34 Å². The number of hydrogen-bond donors (Lipinski definition) is 2. The average Bonchev–Trinajstić information content (AvgIpc) is 2.81. The Bertz CT molecular complexity index is 576. The van der Waals surface area contributed by atoms with E-state index in [0.29, 0.717) is 6.42 Å². The van der Waals surface area contributed by atoms with Crippen molar-refractivity contribution >= 4 is 25.3 Å². The van der Waals surface area contributed by atoms with Crippen molar-refractivity contribution in [2.45, 2.75) is 154 Å². The summed E-state index contributed by atoms with van der Waals surface area (Å²) in [5.74, 6) is -0.482. The molecule has 0 saturated heterocycles. The maximum absolute atomic E-state index is 13.1. The highest BCUT2D eigenvalue weighted by atomic mass is 32.2. The fourth-order valence-electron chi connectivity index (χ4n) is 4.01. The number of unbranched alkanes of at least 4 members (excludes halogenated alkanes) is 12. The molecule has 0 amide bonds. The first-order valence-corrected chi connectivity index (χ1v) is 16.8. The Morgan fingerprint density at radius 1 is 0.857 bits per heavy atom. The SMILES string of the molecule is CCCCCCCCCCCSC(CCCCCCC)C(C)OP(=O)(O)C(C)(OCCC)C(=O)O. The molecule has 0 aromatic heterocycles. The summed E-state index contributed by atoms with van der Waals surface area (Å²) >= 11 is 1.80. The molecule has 2 N–H and O–H groups in total. The lowest BCUT2D eigenvalue weighted by atomic mass is 10.1. The van der Waals surface area contributed by atoms with E-state index in [9.17, 15) is 19.4 Å². The van der Waals surface area contributed by atoms with Gasteiger partial charge in [-0.05, 0) is 38.9 Å². The average molecular weight is 539 g/mol. The van der Waals surface area contributed by atoms with Crippen LogP contribution in [0.4, 0.5) is 0 Å². The van der Waals surface area contributed by atoms with Gasteiger partial charge in [0.15, 0.2) is 0 Å². The lowest BCUT2D eigenvalue weighted by molar-refractivity contribution is -0.155. The topological polar surface area (TPSA) is 93.1 Å². The lowest BCUT2D eigenvalue weighted by Gasteiger charge is -2.33. The fourth-order valence-corrected chi connectivity index (χ4v) is 6.72. The molecule has 0 heterocycles. The first-order chi connectivity index (χ1) is 16.7. The number of aliphatic carboxylic acids is 1. The molecule has 35 heavy (non-hydrogen) atoms. The number of hydrogen-bond acceptors (Lipinski definition) is 5. The molecular weight excluding hydrogens is 483 g/mol. The summed E-state index contributed by atoms with van der Waals surface area (Å²) in [5, 5.41) is 7.42. The first kappa shape index (κ1) is 34.9. The Labute approximate surface area is 220 Å². The van der Waals surface area contributed by atoms with Crippen LogP contribution in [-0.2, 0) is 18.6 Å². The van der Waals surface area contributed by atoms with E-state index in [1.165, 1.54) is 70.6 Å². The summed E-state index contributed by atoms with van der Waals surface area (Å²) in [6.07, 6.45) is 18.2. The van der Waals surface area contributed by atoms with Crippen molar-refractivity contribution in [1.29, 1.82) is 0 Å². The number of ether oxygens (including phenoxy) is 1. The Kier molecular flexibility index (Phi) is 20.9. The van der Waals surface area contributed by atoms with Crippen molar-refractivity contribution in [2.24, 2.45) is 0 Å². The highest BCUT2D eigenvalue weighted by molar-refractivity contribution is 7.99. The maximum atomic E-state index is 13.1. The van der Waals surface area contributed by atoms with E-state index in [1.54, 1.807) is 18.7 Å². The number of carboxylic acids is 1. The predicted octanol–water partition coefficient (Wildman–Crippen LogP) is 8.80. The van der Waals surface area contributed by atoms with Crippen molar-refractivity contribution in [3.8, 4) is 0 Å². The summed E-state index contributed by atoms with van der Waals surface area (Å²) in [6.45, 7) is 9.29. The van der Waals surface area contributed by atoms with Crippen LogP contribution in [0.1, 0.15) is 137 Å². The molecule has 210 valence electrons. The maximum Gasteiger partial charge on any atom is 0.371 e. The minimum atomic E-state index is -4.56. The van der Waals surface area contributed by atoms with Crippen molar-refractivity contribution in [3.05, 3.63) is 0 Å². The monoisotopic (exact) mass is 538 g/mol. The van der Waals surface area contributed by atoms with E-state index in [2.05, 4.69) is 13.8 Å². The molecule has 0 aromatic rings. The van der Waals surface area contributed by atoms with Crippen LogP contribution in [-0.4, -0.2) is 45.0 Å². The van der Waals surface area contributed by atoms with Crippen LogP contribution >= 0.6 is 19.4 Å². The number of thioether (sulfide) groups is 1. The van der Waals surface area contributed by atoms with Crippen LogP contribution in [0.15, 0.2) is 0 Å². The quantitative estimate of drug-likeness (QED) is 0.0886. The molecule has 0 fully saturated rings. The van der Waals surface area contributed by atoms with Crippen LogP contribution in [0.25, 0.3) is 0 Å². The van der Waals surface area contributed by atoms with Gasteiger partial charge in [0.2, 0.25) is 0 Å². The number of carboxylic acid groups (broad SMARTS) is 1. The zero-order chi connectivity index (χ0) is 26.6. The minimum Gasteiger partial charge on any atom is -0.479 e. The molecule has 0 aliphatic carbocycles. The van der Waals surface area contributed by atoms with Crippen LogP contribution in [0.5, 0.6) is 0 Å². The van der Waals surface area contributed by atoms with Crippen molar-refractivity contribution < 1.29 is 28.6 Å².